The summed E-state index contributed by atoms with van der Waals surface area (Å²) in [5.74, 6) is 0. The summed E-state index contributed by atoms with van der Waals surface area (Å²) < 4.78 is 5.48. The second-order valence-electron chi connectivity index (χ2n) is 3.83. The topological polar surface area (TPSA) is 29.5 Å². The fourth-order valence-corrected chi connectivity index (χ4v) is 0.923. The molecule has 12 heavy (non-hydrogen) atoms. The van der Waals surface area contributed by atoms with Crippen LogP contribution in [0.4, 0.5) is 0 Å². The summed E-state index contributed by atoms with van der Waals surface area (Å²) in [6, 6.07) is 0. The smallest absolute Gasteiger partial charge is 0.0856 e. The van der Waals surface area contributed by atoms with Crippen molar-refractivity contribution >= 4 is 0 Å². The molecule has 0 aliphatic heterocycles. The van der Waals surface area contributed by atoms with E-state index in [2.05, 4.69) is 6.92 Å². The highest BCUT2D eigenvalue weighted by Gasteiger charge is 2.15. The van der Waals surface area contributed by atoms with Crippen molar-refractivity contribution in [2.24, 2.45) is 0 Å². The number of aliphatic hydroxyl groups excluding tert-OH is 1. The molecule has 0 aliphatic rings. The fraction of sp³-hybridized carbons (Fsp3) is 1.00. The molecule has 2 heteroatoms. The number of ether oxygens (including phenoxy) is 1. The molecule has 0 aromatic heterocycles. The molecule has 0 aromatic carbocycles. The predicted octanol–water partition coefficient (Wildman–Crippen LogP) is 2.35. The molecule has 0 radical (unpaired) electrons. The summed E-state index contributed by atoms with van der Waals surface area (Å²) in [7, 11) is 0. The minimum absolute atomic E-state index is 0.0980. The minimum Gasteiger partial charge on any atom is -0.393 e. The number of hydrogen-bond donors (Lipinski definition) is 1. The van der Waals surface area contributed by atoms with Crippen molar-refractivity contribution < 1.29 is 9.84 Å². The first-order valence-electron chi connectivity index (χ1n) is 4.87. The third kappa shape index (κ3) is 6.62. The molecule has 0 spiro atoms. The first kappa shape index (κ1) is 11.9. The van der Waals surface area contributed by atoms with E-state index in [0.29, 0.717) is 0 Å². The van der Waals surface area contributed by atoms with Crippen LogP contribution in [0.5, 0.6) is 0 Å². The molecule has 0 unspecified atom stereocenters. The first-order valence-corrected chi connectivity index (χ1v) is 4.87. The van der Waals surface area contributed by atoms with Gasteiger partial charge in [-0.25, -0.2) is 0 Å². The third-order valence-corrected chi connectivity index (χ3v) is 1.87. The highest BCUT2D eigenvalue weighted by atomic mass is 16.5. The monoisotopic (exact) mass is 174 g/mol. The lowest BCUT2D eigenvalue weighted by atomic mass is 10.1. The van der Waals surface area contributed by atoms with E-state index in [1.54, 1.807) is 0 Å². The van der Waals surface area contributed by atoms with E-state index in [1.807, 2.05) is 13.8 Å². The Morgan fingerprint density at radius 1 is 1.17 bits per heavy atom. The molecular formula is C10H22O2. The van der Waals surface area contributed by atoms with Crippen LogP contribution >= 0.6 is 0 Å². The zero-order chi connectivity index (χ0) is 9.45. The van der Waals surface area contributed by atoms with Crippen LogP contribution < -0.4 is 0 Å². The van der Waals surface area contributed by atoms with Crippen molar-refractivity contribution in [3.05, 3.63) is 0 Å². The molecular weight excluding hydrogens is 152 g/mol. The predicted molar refractivity (Wildman–Crippen MR) is 51.3 cm³/mol. The van der Waals surface area contributed by atoms with Gasteiger partial charge in [-0.3, -0.25) is 0 Å². The molecule has 0 bridgehead atoms. The van der Waals surface area contributed by atoms with Gasteiger partial charge in [-0.2, -0.15) is 0 Å². The van der Waals surface area contributed by atoms with Crippen LogP contribution in [0.25, 0.3) is 0 Å². The maximum Gasteiger partial charge on any atom is 0.0856 e. The van der Waals surface area contributed by atoms with Gasteiger partial charge in [-0.1, -0.05) is 26.2 Å². The average Bonchev–Trinajstić information content (AvgIpc) is 2.04. The van der Waals surface area contributed by atoms with Crippen LogP contribution in [0.2, 0.25) is 0 Å². The van der Waals surface area contributed by atoms with Crippen molar-refractivity contribution in [2.45, 2.75) is 52.1 Å². The van der Waals surface area contributed by atoms with E-state index in [9.17, 15) is 0 Å². The summed E-state index contributed by atoms with van der Waals surface area (Å²) in [5, 5.41) is 8.87. The molecule has 0 aliphatic carbocycles. The van der Waals surface area contributed by atoms with Crippen molar-refractivity contribution in [3.63, 3.8) is 0 Å². The van der Waals surface area contributed by atoms with Crippen LogP contribution in [-0.2, 0) is 4.74 Å². The van der Waals surface area contributed by atoms with E-state index in [0.717, 1.165) is 13.0 Å². The third-order valence-electron chi connectivity index (χ3n) is 1.87. The van der Waals surface area contributed by atoms with Crippen molar-refractivity contribution in [2.75, 3.05) is 13.2 Å². The van der Waals surface area contributed by atoms with Gasteiger partial charge in [-0.15, -0.1) is 0 Å². The van der Waals surface area contributed by atoms with Crippen molar-refractivity contribution in [3.8, 4) is 0 Å². The zero-order valence-electron chi connectivity index (χ0n) is 8.60. The van der Waals surface area contributed by atoms with Gasteiger partial charge in [-0.05, 0) is 20.3 Å². The molecule has 0 rings (SSSR count). The van der Waals surface area contributed by atoms with E-state index in [1.165, 1.54) is 19.3 Å². The Morgan fingerprint density at radius 2 is 1.83 bits per heavy atom. The normalized spacial score (nSPS) is 12.0. The summed E-state index contributed by atoms with van der Waals surface area (Å²) >= 11 is 0. The standard InChI is InChI=1S/C10H22O2/c1-4-5-6-7-8-12-10(2,3)9-11/h11H,4-9H2,1-3H3. The van der Waals surface area contributed by atoms with Gasteiger partial charge in [0.15, 0.2) is 0 Å². The molecule has 0 saturated heterocycles. The lowest BCUT2D eigenvalue weighted by molar-refractivity contribution is -0.0546. The Balaban J connectivity index is 3.19. The van der Waals surface area contributed by atoms with Crippen LogP contribution in [0.1, 0.15) is 46.5 Å². The zero-order valence-corrected chi connectivity index (χ0v) is 8.60. The second-order valence-corrected chi connectivity index (χ2v) is 3.83. The molecule has 1 N–H and O–H groups in total. The number of rotatable bonds is 7. The van der Waals surface area contributed by atoms with Gasteiger partial charge >= 0.3 is 0 Å². The molecule has 0 atom stereocenters. The molecule has 0 aromatic rings. The summed E-state index contributed by atoms with van der Waals surface area (Å²) in [4.78, 5) is 0. The minimum atomic E-state index is -0.355. The van der Waals surface area contributed by atoms with E-state index in [-0.39, 0.29) is 12.2 Å². The van der Waals surface area contributed by atoms with Crippen LogP contribution in [0, 0.1) is 0 Å². The molecule has 74 valence electrons. The number of hydrogen-bond acceptors (Lipinski definition) is 2. The highest BCUT2D eigenvalue weighted by Crippen LogP contribution is 2.09. The average molecular weight is 174 g/mol. The lowest BCUT2D eigenvalue weighted by Crippen LogP contribution is -2.29. The number of aliphatic hydroxyl groups is 1. The number of unbranched alkanes of at least 4 members (excludes halogenated alkanes) is 3. The van der Waals surface area contributed by atoms with Gasteiger partial charge in [0.05, 0.1) is 12.2 Å². The molecule has 2 nitrogen and oxygen atoms in total. The SMILES string of the molecule is CCCCCCOC(C)(C)CO. The summed E-state index contributed by atoms with van der Waals surface area (Å²) in [6.07, 6.45) is 4.88. The first-order chi connectivity index (χ1) is 5.62. The molecule has 0 fully saturated rings. The summed E-state index contributed by atoms with van der Waals surface area (Å²) in [5.41, 5.74) is -0.355. The van der Waals surface area contributed by atoms with Crippen molar-refractivity contribution in [1.82, 2.24) is 0 Å². The molecule has 0 saturated carbocycles. The summed E-state index contributed by atoms with van der Waals surface area (Å²) in [6.45, 7) is 6.88. The quantitative estimate of drug-likeness (QED) is 0.600. The van der Waals surface area contributed by atoms with Gasteiger partial charge in [0.25, 0.3) is 0 Å². The van der Waals surface area contributed by atoms with E-state index in [4.69, 9.17) is 9.84 Å². The Morgan fingerprint density at radius 3 is 2.33 bits per heavy atom. The van der Waals surface area contributed by atoms with E-state index < -0.39 is 0 Å². The molecule has 0 heterocycles. The van der Waals surface area contributed by atoms with Gasteiger partial charge in [0, 0.05) is 6.61 Å². The van der Waals surface area contributed by atoms with Gasteiger partial charge < -0.3 is 9.84 Å². The largest absolute Gasteiger partial charge is 0.393 e. The Hall–Kier alpha value is -0.0800. The van der Waals surface area contributed by atoms with Crippen LogP contribution in [-0.4, -0.2) is 23.9 Å². The fourth-order valence-electron chi connectivity index (χ4n) is 0.923. The maximum absolute atomic E-state index is 8.87. The Bertz CT molecular complexity index is 100. The Kier molecular flexibility index (Phi) is 6.39. The van der Waals surface area contributed by atoms with Gasteiger partial charge in [0.2, 0.25) is 0 Å². The van der Waals surface area contributed by atoms with Crippen molar-refractivity contribution in [1.29, 1.82) is 0 Å². The highest BCUT2D eigenvalue weighted by molar-refractivity contribution is 4.65. The second kappa shape index (κ2) is 6.44. The van der Waals surface area contributed by atoms with Crippen LogP contribution in [0.15, 0.2) is 0 Å². The van der Waals surface area contributed by atoms with Crippen LogP contribution in [0.3, 0.4) is 0 Å². The maximum atomic E-state index is 8.87. The Labute approximate surface area is 75.9 Å². The van der Waals surface area contributed by atoms with Gasteiger partial charge in [0.1, 0.15) is 0 Å². The molecule has 0 amide bonds. The van der Waals surface area contributed by atoms with E-state index >= 15 is 0 Å². The lowest BCUT2D eigenvalue weighted by Gasteiger charge is -2.22.